The average Bonchev–Trinajstić information content (AvgIpc) is 3.58. The average molecular weight is 1020 g/mol. The largest absolute Gasteiger partial charge is 1.00 e. The molecule has 2 aliphatic heterocycles. The molecule has 0 spiro atoms. The Morgan fingerprint density at radius 3 is 1.49 bits per heavy atom. The number of rotatable bonds is 9. The minimum absolute atomic E-state index is 0. The number of carbonyl (C=O) groups excluding carboxylic acids is 3. The third-order valence-electron chi connectivity index (χ3n) is 9.60. The van der Waals surface area contributed by atoms with Gasteiger partial charge in [-0.25, -0.2) is 19.9 Å². The van der Waals surface area contributed by atoms with Crippen molar-refractivity contribution >= 4 is 61.0 Å². The molecule has 0 unspecified atom stereocenters. The quantitative estimate of drug-likeness (QED) is 0.0427. The second-order valence-electron chi connectivity index (χ2n) is 15.3. The van der Waals surface area contributed by atoms with Crippen LogP contribution in [0.15, 0.2) is 85.2 Å². The number of methoxy groups -OCH3 is 4. The molecule has 70 heavy (non-hydrogen) atoms. The summed E-state index contributed by atoms with van der Waals surface area (Å²) in [5.74, 6) is 8.87. The number of hydrogen-bond donors (Lipinski definition) is 5. The summed E-state index contributed by atoms with van der Waals surface area (Å²) in [5, 5.41) is 27.7. The van der Waals surface area contributed by atoms with Gasteiger partial charge in [-0.1, -0.05) is 31.5 Å². The number of ether oxygens (including phenoxy) is 4. The third kappa shape index (κ3) is 16.2. The number of nitrogens with one attached hydrogen (secondary N) is 4. The van der Waals surface area contributed by atoms with Crippen molar-refractivity contribution in [3.05, 3.63) is 107 Å². The maximum atomic E-state index is 12.5. The molecule has 4 aromatic carbocycles. The summed E-state index contributed by atoms with van der Waals surface area (Å²) < 4.78 is 21.3. The number of fused-ring (bicyclic) bond motifs is 6. The number of benzene rings is 4. The predicted molar refractivity (Wildman–Crippen MR) is 260 cm³/mol. The van der Waals surface area contributed by atoms with E-state index < -0.39 is 8.07 Å². The number of aliphatic hydroxyl groups is 1. The van der Waals surface area contributed by atoms with Gasteiger partial charge in [-0.3, -0.25) is 14.4 Å². The molecule has 2 aromatic heterocycles. The van der Waals surface area contributed by atoms with Gasteiger partial charge in [0.1, 0.15) is 8.07 Å². The van der Waals surface area contributed by atoms with Gasteiger partial charge in [0, 0.05) is 76.4 Å². The zero-order valence-corrected chi connectivity index (χ0v) is 47.8. The Hall–Kier alpha value is -5.22. The molecule has 18 nitrogen and oxygen atoms in total. The zero-order valence-electron chi connectivity index (χ0n) is 41.6. The fourth-order valence-electron chi connectivity index (χ4n) is 6.62. The van der Waals surface area contributed by atoms with Gasteiger partial charge in [0.25, 0.3) is 6.47 Å². The molecule has 0 radical (unpaired) electrons. The standard InChI is InChI=1S/C25H26N4O3Si.C22H18N4O3.CH2O3.CH4O.2K.H/c1-31-21-9-7-18(14-22(21)32-2)27-25-26-15-17-13-23(30)28-20-12-16(10-11-33(3,4)5)6-8-19(20)24(17)29-25;1-4-13-5-7-16-17(9-13)25-20(27)10-14-12-23-22(26-21(14)16)24-15-6-8-18(28-2)19(11-15)29-3;2-1-4-3;1-2;;;/h6-9,12,14-15H,13H2,1-5H3,(H,28,30)(H,26,27,29);1,5-9,11-12H,10H2,2-3H3,(H,25,27)(H,23,24,26);1,3H;2H,1H3;;;/q;;;;2*+1;-1/p-1. The van der Waals surface area contributed by atoms with Gasteiger partial charge in [-0.2, -0.15) is 0 Å². The molecular formula is C49H50K2N8O10Si. The van der Waals surface area contributed by atoms with Crippen LogP contribution in [0.4, 0.5) is 34.6 Å². The van der Waals surface area contributed by atoms with Gasteiger partial charge >= 0.3 is 103 Å². The Kier molecular flexibility index (Phi) is 24.1. The zero-order chi connectivity index (χ0) is 49.4. The van der Waals surface area contributed by atoms with Crippen molar-refractivity contribution in [2.24, 2.45) is 0 Å². The maximum Gasteiger partial charge on any atom is 1.00 e. The van der Waals surface area contributed by atoms with E-state index in [-0.39, 0.29) is 135 Å². The minimum Gasteiger partial charge on any atom is -1.00 e. The molecule has 0 saturated carbocycles. The summed E-state index contributed by atoms with van der Waals surface area (Å²) in [6.45, 7) is 6.42. The monoisotopic (exact) mass is 1020 g/mol. The molecule has 5 N–H and O–H groups in total. The fourth-order valence-corrected chi connectivity index (χ4v) is 7.13. The topological polar surface area (TPSA) is 240 Å². The van der Waals surface area contributed by atoms with Gasteiger partial charge in [0.15, 0.2) is 23.0 Å². The first-order chi connectivity index (χ1) is 32.8. The normalized spacial score (nSPS) is 11.2. The Labute approximate surface area is 493 Å². The molecule has 0 bridgehead atoms. The van der Waals surface area contributed by atoms with E-state index in [1.54, 1.807) is 59.0 Å². The van der Waals surface area contributed by atoms with Gasteiger partial charge in [0.05, 0.1) is 64.0 Å². The molecule has 0 atom stereocenters. The summed E-state index contributed by atoms with van der Waals surface area (Å²) in [6.07, 6.45) is 9.24. The molecule has 0 saturated heterocycles. The van der Waals surface area contributed by atoms with Gasteiger partial charge < -0.3 is 56.9 Å². The third-order valence-corrected chi connectivity index (χ3v) is 10.5. The van der Waals surface area contributed by atoms with Gasteiger partial charge in [-0.15, -0.1) is 12.0 Å². The number of aromatic nitrogens is 4. The van der Waals surface area contributed by atoms with Crippen molar-refractivity contribution < 1.29 is 153 Å². The second-order valence-corrected chi connectivity index (χ2v) is 20.1. The fraction of sp³-hybridized carbons (Fsp3) is 0.204. The van der Waals surface area contributed by atoms with Crippen LogP contribution in [0.1, 0.15) is 23.7 Å². The van der Waals surface area contributed by atoms with E-state index in [0.717, 1.165) is 46.3 Å². The first kappa shape index (κ1) is 59.1. The van der Waals surface area contributed by atoms with E-state index in [2.05, 4.69) is 78.1 Å². The van der Waals surface area contributed by atoms with Crippen LogP contribution >= 0.6 is 0 Å². The van der Waals surface area contributed by atoms with Gasteiger partial charge in [0.2, 0.25) is 23.7 Å². The predicted octanol–water partition coefficient (Wildman–Crippen LogP) is 0.172. The number of nitrogens with zero attached hydrogens (tertiary/aromatic N) is 4. The van der Waals surface area contributed by atoms with E-state index >= 15 is 0 Å². The Morgan fingerprint density at radius 2 is 1.10 bits per heavy atom. The number of anilines is 6. The second kappa shape index (κ2) is 28.6. The van der Waals surface area contributed by atoms with Crippen LogP contribution in [0.3, 0.4) is 0 Å². The Morgan fingerprint density at radius 1 is 0.686 bits per heavy atom. The van der Waals surface area contributed by atoms with Crippen LogP contribution in [-0.2, 0) is 32.1 Å². The molecule has 0 fully saturated rings. The Balaban J connectivity index is 0.000000424. The summed E-state index contributed by atoms with van der Waals surface area (Å²) >= 11 is 0. The van der Waals surface area contributed by atoms with E-state index in [1.807, 2.05) is 54.6 Å². The molecule has 352 valence electrons. The van der Waals surface area contributed by atoms with Crippen LogP contribution in [0.5, 0.6) is 23.0 Å². The molecule has 4 heterocycles. The minimum atomic E-state index is -1.51. The number of amides is 2. The molecule has 21 heteroatoms. The summed E-state index contributed by atoms with van der Waals surface area (Å²) in [7, 11) is 5.83. The number of aliphatic hydroxyl groups excluding tert-OH is 1. The van der Waals surface area contributed by atoms with Crippen LogP contribution in [0, 0.1) is 23.8 Å². The summed E-state index contributed by atoms with van der Waals surface area (Å²) in [4.78, 5) is 54.2. The van der Waals surface area contributed by atoms with Crippen molar-refractivity contribution in [3.8, 4) is 69.3 Å². The smallest absolute Gasteiger partial charge is 1.00 e. The number of terminal acetylenes is 1. The van der Waals surface area contributed by atoms with Crippen LogP contribution < -0.4 is 148 Å². The number of hydrogen-bond acceptors (Lipinski definition) is 16. The van der Waals surface area contributed by atoms with Crippen molar-refractivity contribution in [3.63, 3.8) is 0 Å². The van der Waals surface area contributed by atoms with Crippen LogP contribution in [0.25, 0.3) is 22.5 Å². The first-order valence-corrected chi connectivity index (χ1v) is 24.0. The SMILES string of the molecule is C#Cc1ccc2c(c1)NC(=O)Cc1cnc(Nc3ccc(OC)c(OC)c3)nc1-2.CO.COc1ccc(Nc2ncc3c(n2)-c2ccc(C#C[Si](C)(C)C)cc2NC(=O)C3)cc1OC.O=CO[O-].[H-].[K+].[K+]. The van der Waals surface area contributed by atoms with Crippen LogP contribution in [-0.4, -0.2) is 87.0 Å². The summed E-state index contributed by atoms with van der Waals surface area (Å²) in [5.41, 5.74) is 12.3. The number of carbonyl (C=O) groups is 3. The van der Waals surface area contributed by atoms with E-state index in [1.165, 1.54) is 0 Å². The molecule has 8 rings (SSSR count). The van der Waals surface area contributed by atoms with Crippen molar-refractivity contribution in [2.75, 3.05) is 56.8 Å². The molecule has 6 aromatic rings. The van der Waals surface area contributed by atoms with Crippen molar-refractivity contribution in [1.82, 2.24) is 19.9 Å². The molecule has 0 aliphatic carbocycles. The van der Waals surface area contributed by atoms with Gasteiger partial charge in [-0.05, 0) is 60.7 Å². The molecular weight excluding hydrogens is 967 g/mol. The van der Waals surface area contributed by atoms with Crippen LogP contribution in [0.2, 0.25) is 19.6 Å². The molecule has 2 aliphatic rings. The summed E-state index contributed by atoms with van der Waals surface area (Å²) in [6, 6.07) is 22.2. The molecule has 2 amide bonds. The first-order valence-electron chi connectivity index (χ1n) is 20.5. The van der Waals surface area contributed by atoms with Crippen molar-refractivity contribution in [2.45, 2.75) is 32.5 Å². The maximum absolute atomic E-state index is 12.5. The van der Waals surface area contributed by atoms with E-state index in [9.17, 15) is 9.59 Å². The van der Waals surface area contributed by atoms with E-state index in [0.29, 0.717) is 63.2 Å². The Bertz CT molecular complexity index is 2930. The van der Waals surface area contributed by atoms with E-state index in [4.69, 9.17) is 45.5 Å². The van der Waals surface area contributed by atoms with Crippen molar-refractivity contribution in [1.29, 1.82) is 0 Å².